The van der Waals surface area contributed by atoms with Gasteiger partial charge in [0.2, 0.25) is 0 Å². The van der Waals surface area contributed by atoms with Gasteiger partial charge in [0.1, 0.15) is 11.2 Å². The van der Waals surface area contributed by atoms with Crippen LogP contribution in [0.3, 0.4) is 0 Å². The summed E-state index contributed by atoms with van der Waals surface area (Å²) in [4.78, 5) is 0. The second kappa shape index (κ2) is 4.94. The molecule has 2 nitrogen and oxygen atoms in total. The van der Waals surface area contributed by atoms with Crippen LogP contribution in [-0.2, 0) is 11.2 Å². The van der Waals surface area contributed by atoms with Crippen LogP contribution in [0.25, 0.3) is 32.7 Å². The number of rotatable bonds is 0. The van der Waals surface area contributed by atoms with Crippen molar-refractivity contribution < 1.29 is 10.2 Å². The Balaban J connectivity index is 2.07. The molecule has 4 aromatic carbocycles. The summed E-state index contributed by atoms with van der Waals surface area (Å²) in [7, 11) is 0. The second-order valence-corrected chi connectivity index (χ2v) is 7.56. The van der Waals surface area contributed by atoms with Gasteiger partial charge in [0.25, 0.3) is 0 Å². The molecule has 0 bridgehead atoms. The molecular formula is C24H20O2. The van der Waals surface area contributed by atoms with Crippen LogP contribution in [0.2, 0.25) is 0 Å². The molecule has 0 fully saturated rings. The Morgan fingerprint density at radius 2 is 0.923 bits per heavy atom. The van der Waals surface area contributed by atoms with Gasteiger partial charge in [-0.2, -0.15) is 0 Å². The maximum Gasteiger partial charge on any atom is 0.120 e. The van der Waals surface area contributed by atoms with Gasteiger partial charge in [-0.25, -0.2) is 0 Å². The van der Waals surface area contributed by atoms with Crippen LogP contribution >= 0.6 is 0 Å². The van der Waals surface area contributed by atoms with E-state index in [2.05, 4.69) is 24.3 Å². The lowest BCUT2D eigenvalue weighted by atomic mass is 9.65. The van der Waals surface area contributed by atoms with Gasteiger partial charge in [0, 0.05) is 0 Å². The van der Waals surface area contributed by atoms with E-state index in [0.29, 0.717) is 0 Å². The first-order valence-corrected chi connectivity index (χ1v) is 8.92. The quantitative estimate of drug-likeness (QED) is 0.468. The van der Waals surface area contributed by atoms with Crippen LogP contribution in [-0.4, -0.2) is 10.2 Å². The molecule has 2 heteroatoms. The summed E-state index contributed by atoms with van der Waals surface area (Å²) < 4.78 is 0. The highest BCUT2D eigenvalue weighted by molar-refractivity contribution is 6.09. The maximum atomic E-state index is 11.4. The van der Waals surface area contributed by atoms with Gasteiger partial charge in [-0.15, -0.1) is 0 Å². The Hall–Kier alpha value is -2.68. The SMILES string of the molecule is CC1(O)c2ccc3ccccc3c2-c2c(ccc3ccccc23)C1(C)O. The predicted molar refractivity (Wildman–Crippen MR) is 106 cm³/mol. The van der Waals surface area contributed by atoms with Crippen LogP contribution in [0.4, 0.5) is 0 Å². The lowest BCUT2D eigenvalue weighted by Gasteiger charge is -2.45. The van der Waals surface area contributed by atoms with Gasteiger partial charge in [0.15, 0.2) is 0 Å². The number of hydrogen-bond donors (Lipinski definition) is 2. The van der Waals surface area contributed by atoms with Crippen molar-refractivity contribution in [1.82, 2.24) is 0 Å². The molecule has 4 aromatic rings. The van der Waals surface area contributed by atoms with Crippen molar-refractivity contribution in [3.05, 3.63) is 83.9 Å². The molecule has 0 amide bonds. The van der Waals surface area contributed by atoms with Crippen molar-refractivity contribution in [1.29, 1.82) is 0 Å². The van der Waals surface area contributed by atoms with E-state index in [9.17, 15) is 10.2 Å². The molecule has 0 saturated heterocycles. The summed E-state index contributed by atoms with van der Waals surface area (Å²) in [5.74, 6) is 0. The largest absolute Gasteiger partial charge is 0.382 e. The lowest BCUT2D eigenvalue weighted by molar-refractivity contribution is -0.144. The van der Waals surface area contributed by atoms with Gasteiger partial charge in [0.05, 0.1) is 0 Å². The minimum absolute atomic E-state index is 0.769. The molecule has 5 rings (SSSR count). The summed E-state index contributed by atoms with van der Waals surface area (Å²) in [6.45, 7) is 3.41. The number of hydrogen-bond acceptors (Lipinski definition) is 2. The van der Waals surface area contributed by atoms with E-state index in [1.807, 2.05) is 48.5 Å². The van der Waals surface area contributed by atoms with Gasteiger partial charge < -0.3 is 10.2 Å². The fourth-order valence-electron chi connectivity index (χ4n) is 4.42. The molecular weight excluding hydrogens is 320 g/mol. The topological polar surface area (TPSA) is 40.5 Å². The van der Waals surface area contributed by atoms with Crippen LogP contribution < -0.4 is 0 Å². The van der Waals surface area contributed by atoms with Crippen LogP contribution in [0, 0.1) is 0 Å². The lowest BCUT2D eigenvalue weighted by Crippen LogP contribution is -2.47. The van der Waals surface area contributed by atoms with Crippen molar-refractivity contribution in [2.24, 2.45) is 0 Å². The predicted octanol–water partition coefficient (Wildman–Crippen LogP) is 5.09. The molecule has 0 aromatic heterocycles. The smallest absolute Gasteiger partial charge is 0.120 e. The maximum absolute atomic E-state index is 11.4. The van der Waals surface area contributed by atoms with E-state index in [-0.39, 0.29) is 0 Å². The normalized spacial score (nSPS) is 24.5. The Morgan fingerprint density at radius 3 is 1.35 bits per heavy atom. The summed E-state index contributed by atoms with van der Waals surface area (Å²) >= 11 is 0. The standard InChI is InChI=1S/C24H20O2/c1-23(25)19-13-11-15-7-3-5-9-17(15)21(19)22-18-10-6-4-8-16(18)12-14-20(22)24(23,2)26/h3-14,25-26H,1-2H3. The highest BCUT2D eigenvalue weighted by Gasteiger charge is 2.50. The molecule has 0 aliphatic heterocycles. The third-order valence-electron chi connectivity index (χ3n) is 6.10. The molecule has 2 N–H and O–H groups in total. The summed E-state index contributed by atoms with van der Waals surface area (Å²) in [5.41, 5.74) is 0.803. The van der Waals surface area contributed by atoms with Crippen LogP contribution in [0.1, 0.15) is 25.0 Å². The molecule has 0 radical (unpaired) electrons. The third-order valence-corrected chi connectivity index (χ3v) is 6.10. The number of benzene rings is 4. The van der Waals surface area contributed by atoms with E-state index >= 15 is 0 Å². The van der Waals surface area contributed by atoms with Gasteiger partial charge in [-0.05, 0) is 57.6 Å². The van der Waals surface area contributed by atoms with E-state index in [0.717, 1.165) is 43.8 Å². The number of fused-ring (bicyclic) bond motifs is 7. The summed E-state index contributed by atoms with van der Waals surface area (Å²) in [6.07, 6.45) is 0. The van der Waals surface area contributed by atoms with Crippen molar-refractivity contribution in [2.45, 2.75) is 25.0 Å². The molecule has 0 spiro atoms. The summed E-state index contributed by atoms with van der Waals surface area (Å²) in [5, 5.41) is 27.2. The zero-order chi connectivity index (χ0) is 18.1. The van der Waals surface area contributed by atoms with Crippen LogP contribution in [0.5, 0.6) is 0 Å². The second-order valence-electron chi connectivity index (χ2n) is 7.56. The van der Waals surface area contributed by atoms with Crippen molar-refractivity contribution >= 4 is 21.5 Å². The Labute approximate surface area is 152 Å². The van der Waals surface area contributed by atoms with E-state index in [1.165, 1.54) is 0 Å². The Bertz CT molecular complexity index is 1090. The molecule has 0 saturated carbocycles. The monoisotopic (exact) mass is 340 g/mol. The molecule has 0 heterocycles. The first-order chi connectivity index (χ1) is 12.4. The molecule has 1 aliphatic carbocycles. The van der Waals surface area contributed by atoms with Crippen molar-refractivity contribution in [2.75, 3.05) is 0 Å². The number of aliphatic hydroxyl groups is 2. The average Bonchev–Trinajstić information content (AvgIpc) is 2.65. The minimum Gasteiger partial charge on any atom is -0.382 e. The average molecular weight is 340 g/mol. The van der Waals surface area contributed by atoms with Crippen molar-refractivity contribution in [3.8, 4) is 11.1 Å². The van der Waals surface area contributed by atoms with E-state index < -0.39 is 11.2 Å². The first-order valence-electron chi connectivity index (χ1n) is 8.92. The molecule has 26 heavy (non-hydrogen) atoms. The van der Waals surface area contributed by atoms with Gasteiger partial charge in [-0.1, -0.05) is 72.8 Å². The zero-order valence-electron chi connectivity index (χ0n) is 14.8. The van der Waals surface area contributed by atoms with Crippen LogP contribution in [0.15, 0.2) is 72.8 Å². The minimum atomic E-state index is -1.39. The fourth-order valence-corrected chi connectivity index (χ4v) is 4.42. The van der Waals surface area contributed by atoms with Crippen molar-refractivity contribution in [3.63, 3.8) is 0 Å². The zero-order valence-corrected chi connectivity index (χ0v) is 14.8. The Morgan fingerprint density at radius 1 is 0.538 bits per heavy atom. The van der Waals surface area contributed by atoms with E-state index in [4.69, 9.17) is 0 Å². The summed E-state index contributed by atoms with van der Waals surface area (Å²) in [6, 6.07) is 24.4. The fraction of sp³-hybridized carbons (Fsp3) is 0.167. The highest BCUT2D eigenvalue weighted by Crippen LogP contribution is 2.54. The molecule has 1 aliphatic rings. The molecule has 2 unspecified atom stereocenters. The molecule has 128 valence electrons. The Kier molecular flexibility index (Phi) is 2.96. The van der Waals surface area contributed by atoms with Gasteiger partial charge in [-0.3, -0.25) is 0 Å². The first kappa shape index (κ1) is 15.6. The highest BCUT2D eigenvalue weighted by atomic mass is 16.4. The van der Waals surface area contributed by atoms with E-state index in [1.54, 1.807) is 13.8 Å². The van der Waals surface area contributed by atoms with Gasteiger partial charge >= 0.3 is 0 Å². The molecule has 2 atom stereocenters. The third kappa shape index (κ3) is 1.78.